The average molecular weight is 245 g/mol. The number of ether oxygens (including phenoxy) is 1. The molecule has 80 valence electrons. The molecule has 0 atom stereocenters. The summed E-state index contributed by atoms with van der Waals surface area (Å²) in [5.41, 5.74) is 1.51. The molecule has 0 saturated heterocycles. The van der Waals surface area contributed by atoms with Gasteiger partial charge in [-0.25, -0.2) is 4.79 Å². The number of rotatable bonds is 2. The molecule has 0 amide bonds. The molecular weight excluding hydrogens is 235 g/mol. The zero-order valence-corrected chi connectivity index (χ0v) is 9.89. The number of methoxy groups -OCH3 is 1. The average Bonchev–Trinajstić information content (AvgIpc) is 2.17. The minimum Gasteiger partial charge on any atom is -0.466 e. The number of hydrogen-bond donors (Lipinski definition) is 0. The number of carbonyl (C=O) groups excluding carboxylic acids is 1. The van der Waals surface area contributed by atoms with Gasteiger partial charge in [0.15, 0.2) is 0 Å². The quantitative estimate of drug-likeness (QED) is 0.588. The van der Waals surface area contributed by atoms with Crippen LogP contribution in [0.5, 0.6) is 0 Å². The summed E-state index contributed by atoms with van der Waals surface area (Å²) in [6, 6.07) is 5.11. The second-order valence-electron chi connectivity index (χ2n) is 2.97. The summed E-state index contributed by atoms with van der Waals surface area (Å²) in [6.07, 6.45) is 1.38. The molecule has 0 radical (unpaired) electrons. The molecule has 0 unspecified atom stereocenters. The van der Waals surface area contributed by atoms with E-state index >= 15 is 0 Å². The highest BCUT2D eigenvalue weighted by molar-refractivity contribution is 6.35. The smallest absolute Gasteiger partial charge is 0.330 e. The van der Waals surface area contributed by atoms with E-state index in [0.717, 1.165) is 11.1 Å². The minimum atomic E-state index is -0.404. The van der Waals surface area contributed by atoms with Crippen LogP contribution in [-0.2, 0) is 9.53 Å². The van der Waals surface area contributed by atoms with Crippen molar-refractivity contribution in [3.63, 3.8) is 0 Å². The summed E-state index contributed by atoms with van der Waals surface area (Å²) in [6.45, 7) is 1.78. The molecule has 4 heteroatoms. The maximum atomic E-state index is 11.0. The highest BCUT2D eigenvalue weighted by Crippen LogP contribution is 2.26. The summed E-state index contributed by atoms with van der Waals surface area (Å²) >= 11 is 11.7. The monoisotopic (exact) mass is 244 g/mol. The first-order valence-electron chi connectivity index (χ1n) is 4.26. The van der Waals surface area contributed by atoms with Gasteiger partial charge in [-0.1, -0.05) is 29.3 Å². The molecule has 0 bridgehead atoms. The maximum absolute atomic E-state index is 11.0. The van der Waals surface area contributed by atoms with Gasteiger partial charge >= 0.3 is 5.97 Å². The number of benzene rings is 1. The SMILES string of the molecule is COC(=O)/C=C(/C)c1ccc(Cl)cc1Cl. The van der Waals surface area contributed by atoms with E-state index in [2.05, 4.69) is 4.74 Å². The lowest BCUT2D eigenvalue weighted by Gasteiger charge is -2.04. The van der Waals surface area contributed by atoms with Crippen molar-refractivity contribution in [2.75, 3.05) is 7.11 Å². The van der Waals surface area contributed by atoms with Crippen LogP contribution in [0.1, 0.15) is 12.5 Å². The van der Waals surface area contributed by atoms with E-state index in [1.807, 2.05) is 0 Å². The van der Waals surface area contributed by atoms with Crippen molar-refractivity contribution in [2.24, 2.45) is 0 Å². The summed E-state index contributed by atoms with van der Waals surface area (Å²) in [4.78, 5) is 11.0. The van der Waals surface area contributed by atoms with Crippen LogP contribution in [-0.4, -0.2) is 13.1 Å². The van der Waals surface area contributed by atoms with Crippen LogP contribution in [0.25, 0.3) is 5.57 Å². The molecule has 0 spiro atoms. The molecule has 1 rings (SSSR count). The molecule has 15 heavy (non-hydrogen) atoms. The van der Waals surface area contributed by atoms with Crippen molar-refractivity contribution in [1.82, 2.24) is 0 Å². The molecule has 1 aromatic rings. The Kier molecular flexibility index (Phi) is 4.18. The Labute approximate surface area is 98.4 Å². The third-order valence-corrected chi connectivity index (χ3v) is 2.44. The molecule has 0 N–H and O–H groups in total. The molecule has 0 aliphatic rings. The van der Waals surface area contributed by atoms with Crippen molar-refractivity contribution in [1.29, 1.82) is 0 Å². The summed E-state index contributed by atoms with van der Waals surface area (Å²) in [5.74, 6) is -0.404. The van der Waals surface area contributed by atoms with Gasteiger partial charge in [0.05, 0.1) is 7.11 Å². The van der Waals surface area contributed by atoms with Crippen molar-refractivity contribution in [3.05, 3.63) is 39.9 Å². The molecule has 2 nitrogen and oxygen atoms in total. The fraction of sp³-hybridized carbons (Fsp3) is 0.182. The summed E-state index contributed by atoms with van der Waals surface area (Å²) < 4.78 is 4.52. The Morgan fingerprint density at radius 2 is 2.07 bits per heavy atom. The lowest BCUT2D eigenvalue weighted by atomic mass is 10.1. The largest absolute Gasteiger partial charge is 0.466 e. The molecule has 0 aromatic heterocycles. The van der Waals surface area contributed by atoms with Crippen LogP contribution in [0, 0.1) is 0 Å². The van der Waals surface area contributed by atoms with Gasteiger partial charge in [-0.3, -0.25) is 0 Å². The lowest BCUT2D eigenvalue weighted by molar-refractivity contribution is -0.134. The van der Waals surface area contributed by atoms with E-state index in [4.69, 9.17) is 23.2 Å². The Hall–Kier alpha value is -0.990. The van der Waals surface area contributed by atoms with Crippen LogP contribution >= 0.6 is 23.2 Å². The molecule has 0 saturated carbocycles. The van der Waals surface area contributed by atoms with E-state index in [0.29, 0.717) is 10.0 Å². The molecule has 0 aliphatic heterocycles. The predicted octanol–water partition coefficient (Wildman–Crippen LogP) is 3.57. The van der Waals surface area contributed by atoms with E-state index in [1.54, 1.807) is 25.1 Å². The number of hydrogen-bond acceptors (Lipinski definition) is 2. The van der Waals surface area contributed by atoms with E-state index in [9.17, 15) is 4.79 Å². The third kappa shape index (κ3) is 3.26. The zero-order chi connectivity index (χ0) is 11.4. The third-order valence-electron chi connectivity index (χ3n) is 1.89. The maximum Gasteiger partial charge on any atom is 0.330 e. The number of halogens is 2. The van der Waals surface area contributed by atoms with Gasteiger partial charge < -0.3 is 4.74 Å². The number of esters is 1. The lowest BCUT2D eigenvalue weighted by Crippen LogP contribution is -1.96. The summed E-state index contributed by atoms with van der Waals surface area (Å²) in [7, 11) is 1.33. The molecule has 0 fully saturated rings. The fourth-order valence-corrected chi connectivity index (χ4v) is 1.68. The van der Waals surface area contributed by atoms with E-state index in [-0.39, 0.29) is 0 Å². The van der Waals surface area contributed by atoms with Gasteiger partial charge in [-0.05, 0) is 30.2 Å². The highest BCUT2D eigenvalue weighted by atomic mass is 35.5. The van der Waals surface area contributed by atoms with Crippen molar-refractivity contribution < 1.29 is 9.53 Å². The second kappa shape index (κ2) is 5.19. The van der Waals surface area contributed by atoms with Gasteiger partial charge in [0.2, 0.25) is 0 Å². The van der Waals surface area contributed by atoms with Gasteiger partial charge in [-0.2, -0.15) is 0 Å². The fourth-order valence-electron chi connectivity index (χ4n) is 1.12. The molecule has 0 heterocycles. The zero-order valence-electron chi connectivity index (χ0n) is 8.38. The molecule has 1 aromatic carbocycles. The Morgan fingerprint density at radius 1 is 1.40 bits per heavy atom. The van der Waals surface area contributed by atoms with Crippen molar-refractivity contribution in [3.8, 4) is 0 Å². The van der Waals surface area contributed by atoms with Crippen molar-refractivity contribution in [2.45, 2.75) is 6.92 Å². The van der Waals surface area contributed by atoms with Crippen LogP contribution in [0.4, 0.5) is 0 Å². The summed E-state index contributed by atoms with van der Waals surface area (Å²) in [5, 5.41) is 1.08. The van der Waals surface area contributed by atoms with Gasteiger partial charge in [0.1, 0.15) is 0 Å². The van der Waals surface area contributed by atoms with Crippen molar-refractivity contribution >= 4 is 34.7 Å². The second-order valence-corrected chi connectivity index (χ2v) is 3.82. The first-order valence-corrected chi connectivity index (χ1v) is 5.02. The molecular formula is C11H10Cl2O2. The first kappa shape index (κ1) is 12.1. The van der Waals surface area contributed by atoms with Crippen LogP contribution < -0.4 is 0 Å². The Bertz CT molecular complexity index is 411. The van der Waals surface area contributed by atoms with Crippen LogP contribution in [0.3, 0.4) is 0 Å². The van der Waals surface area contributed by atoms with Gasteiger partial charge in [0, 0.05) is 16.1 Å². The van der Waals surface area contributed by atoms with Crippen LogP contribution in [0.15, 0.2) is 24.3 Å². The molecule has 0 aliphatic carbocycles. The Balaban J connectivity index is 3.06. The minimum absolute atomic E-state index is 0.404. The number of carbonyl (C=O) groups is 1. The highest BCUT2D eigenvalue weighted by Gasteiger charge is 2.05. The van der Waals surface area contributed by atoms with Crippen LogP contribution in [0.2, 0.25) is 10.0 Å². The van der Waals surface area contributed by atoms with E-state index < -0.39 is 5.97 Å². The Morgan fingerprint density at radius 3 is 2.60 bits per heavy atom. The first-order chi connectivity index (χ1) is 7.04. The van der Waals surface area contributed by atoms with E-state index in [1.165, 1.54) is 13.2 Å². The number of allylic oxidation sites excluding steroid dienone is 1. The predicted molar refractivity (Wildman–Crippen MR) is 62.1 cm³/mol. The van der Waals surface area contributed by atoms with Gasteiger partial charge in [-0.15, -0.1) is 0 Å². The standard InChI is InChI=1S/C11H10Cl2O2/c1-7(5-11(14)15-2)9-4-3-8(12)6-10(9)13/h3-6H,1-2H3/b7-5-. The normalized spacial score (nSPS) is 11.3. The van der Waals surface area contributed by atoms with Gasteiger partial charge in [0.25, 0.3) is 0 Å². The topological polar surface area (TPSA) is 26.3 Å².